The number of hydrogen-bond acceptors (Lipinski definition) is 2. The first-order valence-electron chi connectivity index (χ1n) is 6.23. The fourth-order valence-electron chi connectivity index (χ4n) is 1.92. The van der Waals surface area contributed by atoms with Crippen LogP contribution in [0.5, 0.6) is 0 Å². The van der Waals surface area contributed by atoms with Crippen LogP contribution in [0, 0.1) is 0 Å². The minimum atomic E-state index is 0.282. The molecule has 0 aromatic carbocycles. The summed E-state index contributed by atoms with van der Waals surface area (Å²) in [4.78, 5) is 4.80. The third-order valence-electron chi connectivity index (χ3n) is 3.04. The van der Waals surface area contributed by atoms with Gasteiger partial charge in [-0.25, -0.2) is 0 Å². The second kappa shape index (κ2) is 5.82. The van der Waals surface area contributed by atoms with Crippen molar-refractivity contribution in [2.24, 2.45) is 0 Å². The van der Waals surface area contributed by atoms with Gasteiger partial charge in [-0.15, -0.1) is 0 Å². The molecule has 1 fully saturated rings. The van der Waals surface area contributed by atoms with Gasteiger partial charge in [0.15, 0.2) is 5.11 Å². The Morgan fingerprint density at radius 3 is 2.19 bits per heavy atom. The highest BCUT2D eigenvalue weighted by Crippen LogP contribution is 2.15. The van der Waals surface area contributed by atoms with Crippen molar-refractivity contribution in [1.82, 2.24) is 15.1 Å². The van der Waals surface area contributed by atoms with E-state index >= 15 is 0 Å². The van der Waals surface area contributed by atoms with E-state index in [1.807, 2.05) is 0 Å². The minimum Gasteiger partial charge on any atom is -0.363 e. The molecule has 3 nitrogen and oxygen atoms in total. The molecule has 0 saturated carbocycles. The van der Waals surface area contributed by atoms with Crippen molar-refractivity contribution < 1.29 is 0 Å². The van der Waals surface area contributed by atoms with Gasteiger partial charge in [-0.2, -0.15) is 0 Å². The van der Waals surface area contributed by atoms with Crippen molar-refractivity contribution in [3.63, 3.8) is 0 Å². The molecule has 0 spiro atoms. The van der Waals surface area contributed by atoms with Crippen LogP contribution in [0.15, 0.2) is 0 Å². The standard InChI is InChI=1S/C12H25N3S/c1-5-6-13-11(16)14-7-9-15(10-8-14)12(2,3)4/h5-10H2,1-4H3,(H,13,16). The molecular formula is C12H25N3S. The minimum absolute atomic E-state index is 0.282. The molecule has 1 N–H and O–H groups in total. The monoisotopic (exact) mass is 243 g/mol. The van der Waals surface area contributed by atoms with Gasteiger partial charge in [0.05, 0.1) is 0 Å². The number of piperazine rings is 1. The number of hydrogen-bond donors (Lipinski definition) is 1. The number of nitrogens with one attached hydrogen (secondary N) is 1. The maximum Gasteiger partial charge on any atom is 0.169 e. The van der Waals surface area contributed by atoms with E-state index in [0.29, 0.717) is 0 Å². The van der Waals surface area contributed by atoms with Gasteiger partial charge < -0.3 is 10.2 Å². The van der Waals surface area contributed by atoms with Crippen molar-refractivity contribution in [1.29, 1.82) is 0 Å². The van der Waals surface area contributed by atoms with Gasteiger partial charge in [-0.05, 0) is 39.4 Å². The Balaban J connectivity index is 2.34. The molecule has 0 aromatic heterocycles. The van der Waals surface area contributed by atoms with Gasteiger partial charge in [0.25, 0.3) is 0 Å². The lowest BCUT2D eigenvalue weighted by Crippen LogP contribution is -2.56. The van der Waals surface area contributed by atoms with Crippen molar-refractivity contribution >= 4 is 17.3 Å². The number of nitrogens with zero attached hydrogens (tertiary/aromatic N) is 2. The van der Waals surface area contributed by atoms with E-state index in [9.17, 15) is 0 Å². The fraction of sp³-hybridized carbons (Fsp3) is 0.917. The highest BCUT2D eigenvalue weighted by Gasteiger charge is 2.26. The summed E-state index contributed by atoms with van der Waals surface area (Å²) in [5.74, 6) is 0. The lowest BCUT2D eigenvalue weighted by atomic mass is 10.1. The molecule has 94 valence electrons. The van der Waals surface area contributed by atoms with Crippen LogP contribution in [-0.2, 0) is 0 Å². The molecule has 0 aliphatic carbocycles. The summed E-state index contributed by atoms with van der Waals surface area (Å²) in [5, 5.41) is 4.22. The summed E-state index contributed by atoms with van der Waals surface area (Å²) in [6.07, 6.45) is 1.13. The SMILES string of the molecule is CCCNC(=S)N1CCN(C(C)(C)C)CC1. The molecular weight excluding hydrogens is 218 g/mol. The van der Waals surface area contributed by atoms with E-state index in [1.54, 1.807) is 0 Å². The topological polar surface area (TPSA) is 18.5 Å². The Morgan fingerprint density at radius 2 is 1.75 bits per heavy atom. The van der Waals surface area contributed by atoms with E-state index in [1.165, 1.54) is 0 Å². The van der Waals surface area contributed by atoms with Gasteiger partial charge in [-0.1, -0.05) is 6.92 Å². The largest absolute Gasteiger partial charge is 0.363 e. The van der Waals surface area contributed by atoms with Gasteiger partial charge in [0.2, 0.25) is 0 Å². The van der Waals surface area contributed by atoms with Gasteiger partial charge in [0, 0.05) is 38.3 Å². The first-order valence-corrected chi connectivity index (χ1v) is 6.64. The molecule has 1 aliphatic rings. The smallest absolute Gasteiger partial charge is 0.169 e. The molecule has 1 aliphatic heterocycles. The highest BCUT2D eigenvalue weighted by molar-refractivity contribution is 7.80. The third kappa shape index (κ3) is 3.91. The summed E-state index contributed by atoms with van der Waals surface area (Å²) in [6.45, 7) is 14.3. The van der Waals surface area contributed by atoms with E-state index in [4.69, 9.17) is 12.2 Å². The molecule has 1 heterocycles. The molecule has 0 amide bonds. The Labute approximate surface area is 105 Å². The van der Waals surface area contributed by atoms with Crippen LogP contribution in [0.2, 0.25) is 0 Å². The lowest BCUT2D eigenvalue weighted by Gasteiger charge is -2.43. The van der Waals surface area contributed by atoms with Crippen LogP contribution in [0.1, 0.15) is 34.1 Å². The normalized spacial score (nSPS) is 18.6. The molecule has 1 rings (SSSR count). The van der Waals surface area contributed by atoms with Crippen LogP contribution in [0.25, 0.3) is 0 Å². The highest BCUT2D eigenvalue weighted by atomic mass is 32.1. The summed E-state index contributed by atoms with van der Waals surface area (Å²) < 4.78 is 0. The van der Waals surface area contributed by atoms with E-state index < -0.39 is 0 Å². The fourth-order valence-corrected chi connectivity index (χ4v) is 2.21. The first kappa shape index (κ1) is 13.7. The Hall–Kier alpha value is -0.350. The molecule has 4 heteroatoms. The zero-order chi connectivity index (χ0) is 12.2. The summed E-state index contributed by atoms with van der Waals surface area (Å²) >= 11 is 5.37. The predicted molar refractivity (Wildman–Crippen MR) is 73.8 cm³/mol. The summed E-state index contributed by atoms with van der Waals surface area (Å²) in [7, 11) is 0. The van der Waals surface area contributed by atoms with E-state index in [2.05, 4.69) is 42.8 Å². The van der Waals surface area contributed by atoms with Gasteiger partial charge in [0.1, 0.15) is 0 Å². The zero-order valence-electron chi connectivity index (χ0n) is 11.0. The van der Waals surface area contributed by atoms with Crippen molar-refractivity contribution in [2.75, 3.05) is 32.7 Å². The van der Waals surface area contributed by atoms with Crippen LogP contribution >= 0.6 is 12.2 Å². The van der Waals surface area contributed by atoms with Crippen LogP contribution in [0.4, 0.5) is 0 Å². The maximum atomic E-state index is 5.37. The Morgan fingerprint density at radius 1 is 1.19 bits per heavy atom. The van der Waals surface area contributed by atoms with E-state index in [0.717, 1.165) is 44.3 Å². The Bertz CT molecular complexity index is 227. The van der Waals surface area contributed by atoms with Crippen LogP contribution in [0.3, 0.4) is 0 Å². The summed E-state index contributed by atoms with van der Waals surface area (Å²) in [6, 6.07) is 0. The van der Waals surface area contributed by atoms with Gasteiger partial charge >= 0.3 is 0 Å². The van der Waals surface area contributed by atoms with Crippen molar-refractivity contribution in [2.45, 2.75) is 39.7 Å². The molecule has 1 saturated heterocycles. The van der Waals surface area contributed by atoms with Crippen LogP contribution < -0.4 is 5.32 Å². The first-order chi connectivity index (χ1) is 7.45. The van der Waals surface area contributed by atoms with Crippen molar-refractivity contribution in [3.8, 4) is 0 Å². The van der Waals surface area contributed by atoms with Crippen molar-refractivity contribution in [3.05, 3.63) is 0 Å². The molecule has 0 radical (unpaired) electrons. The summed E-state index contributed by atoms with van der Waals surface area (Å²) in [5.41, 5.74) is 0.282. The number of rotatable bonds is 2. The van der Waals surface area contributed by atoms with Crippen LogP contribution in [-0.4, -0.2) is 53.2 Å². The zero-order valence-corrected chi connectivity index (χ0v) is 11.9. The maximum absolute atomic E-state index is 5.37. The van der Waals surface area contributed by atoms with E-state index in [-0.39, 0.29) is 5.54 Å². The second-order valence-corrected chi connectivity index (χ2v) is 5.76. The lowest BCUT2D eigenvalue weighted by molar-refractivity contribution is 0.0880. The third-order valence-corrected chi connectivity index (χ3v) is 3.44. The quantitative estimate of drug-likeness (QED) is 0.744. The molecule has 0 bridgehead atoms. The predicted octanol–water partition coefficient (Wildman–Crippen LogP) is 1.69. The average molecular weight is 243 g/mol. The molecule has 0 atom stereocenters. The Kier molecular flexibility index (Phi) is 4.99. The second-order valence-electron chi connectivity index (χ2n) is 5.38. The molecule has 0 aromatic rings. The number of thiocarbonyl (C=S) groups is 1. The molecule has 0 unspecified atom stereocenters. The average Bonchev–Trinajstić information content (AvgIpc) is 2.25. The van der Waals surface area contributed by atoms with Gasteiger partial charge in [-0.3, -0.25) is 4.90 Å². The molecule has 16 heavy (non-hydrogen) atoms.